The third-order valence-corrected chi connectivity index (χ3v) is 6.65. The van der Waals surface area contributed by atoms with Crippen LogP contribution in [0.3, 0.4) is 0 Å². The molecule has 2 rings (SSSR count). The first-order valence-electron chi connectivity index (χ1n) is 8.45. The van der Waals surface area contributed by atoms with Gasteiger partial charge in [0.15, 0.2) is 0 Å². The molecule has 0 saturated carbocycles. The Labute approximate surface area is 135 Å². The van der Waals surface area contributed by atoms with Crippen LogP contribution in [-0.4, -0.2) is 69.1 Å². The molecule has 2 aliphatic heterocycles. The zero-order chi connectivity index (χ0) is 16.2. The van der Waals surface area contributed by atoms with Crippen LogP contribution in [0.25, 0.3) is 0 Å². The first-order valence-corrected chi connectivity index (χ1v) is 9.89. The summed E-state index contributed by atoms with van der Waals surface area (Å²) in [7, 11) is -3.37. The van der Waals surface area contributed by atoms with E-state index in [9.17, 15) is 8.42 Å². The van der Waals surface area contributed by atoms with E-state index in [-0.39, 0.29) is 5.54 Å². The van der Waals surface area contributed by atoms with Crippen molar-refractivity contribution in [3.63, 3.8) is 0 Å². The molecule has 2 saturated heterocycles. The maximum Gasteiger partial charge on any atom is 0.279 e. The second-order valence-electron chi connectivity index (χ2n) is 6.88. The Morgan fingerprint density at radius 2 is 1.95 bits per heavy atom. The second kappa shape index (κ2) is 7.57. The highest BCUT2D eigenvalue weighted by atomic mass is 32.2. The lowest BCUT2D eigenvalue weighted by atomic mass is 9.96. The normalized spacial score (nSPS) is 28.4. The molecule has 0 aliphatic carbocycles. The Morgan fingerprint density at radius 3 is 2.55 bits per heavy atom. The van der Waals surface area contributed by atoms with Crippen LogP contribution in [-0.2, 0) is 14.9 Å². The molecule has 0 radical (unpaired) electrons. The molecule has 0 amide bonds. The van der Waals surface area contributed by atoms with Crippen LogP contribution in [0.2, 0.25) is 0 Å². The van der Waals surface area contributed by atoms with E-state index in [2.05, 4.69) is 30.4 Å². The van der Waals surface area contributed by atoms with Gasteiger partial charge >= 0.3 is 0 Å². The SMILES string of the molecule is CCC(C)(CNS(=O)(=O)N1CCCC(C)C1)N1CCOCC1. The monoisotopic (exact) mass is 333 g/mol. The Balaban J connectivity index is 1.96. The predicted octanol–water partition coefficient (Wildman–Crippen LogP) is 1.05. The number of hydrogen-bond acceptors (Lipinski definition) is 4. The van der Waals surface area contributed by atoms with Crippen LogP contribution in [0.15, 0.2) is 0 Å². The van der Waals surface area contributed by atoms with Gasteiger partial charge in [-0.15, -0.1) is 0 Å². The van der Waals surface area contributed by atoms with Crippen LogP contribution < -0.4 is 4.72 Å². The number of rotatable bonds is 6. The minimum Gasteiger partial charge on any atom is -0.379 e. The number of nitrogens with zero attached hydrogens (tertiary/aromatic N) is 2. The maximum absolute atomic E-state index is 12.5. The topological polar surface area (TPSA) is 61.9 Å². The molecule has 0 bridgehead atoms. The van der Waals surface area contributed by atoms with Crippen molar-refractivity contribution >= 4 is 10.2 Å². The van der Waals surface area contributed by atoms with E-state index in [1.54, 1.807) is 4.31 Å². The summed E-state index contributed by atoms with van der Waals surface area (Å²) in [5.41, 5.74) is -0.155. The summed E-state index contributed by atoms with van der Waals surface area (Å²) in [6.07, 6.45) is 2.98. The molecule has 0 aromatic heterocycles. The van der Waals surface area contributed by atoms with Gasteiger partial charge in [0.25, 0.3) is 10.2 Å². The lowest BCUT2D eigenvalue weighted by Crippen LogP contribution is -2.58. The number of hydrogen-bond donors (Lipinski definition) is 1. The molecule has 7 heteroatoms. The number of piperidine rings is 1. The molecular weight excluding hydrogens is 302 g/mol. The first kappa shape index (κ1) is 18.1. The van der Waals surface area contributed by atoms with Crippen molar-refractivity contribution in [2.75, 3.05) is 45.9 Å². The van der Waals surface area contributed by atoms with Gasteiger partial charge < -0.3 is 4.74 Å². The van der Waals surface area contributed by atoms with Crippen LogP contribution in [0, 0.1) is 5.92 Å². The summed E-state index contributed by atoms with van der Waals surface area (Å²) in [6, 6.07) is 0. The van der Waals surface area contributed by atoms with E-state index >= 15 is 0 Å². The van der Waals surface area contributed by atoms with Gasteiger partial charge in [0.05, 0.1) is 13.2 Å². The number of ether oxygens (including phenoxy) is 1. The zero-order valence-corrected chi connectivity index (χ0v) is 15.0. The van der Waals surface area contributed by atoms with Gasteiger partial charge in [-0.2, -0.15) is 12.7 Å². The zero-order valence-electron chi connectivity index (χ0n) is 14.2. The molecule has 2 unspecified atom stereocenters. The number of morpholine rings is 1. The van der Waals surface area contributed by atoms with Gasteiger partial charge in [-0.3, -0.25) is 4.90 Å². The second-order valence-corrected chi connectivity index (χ2v) is 8.64. The average molecular weight is 333 g/mol. The van der Waals surface area contributed by atoms with Crippen LogP contribution in [0.1, 0.15) is 40.0 Å². The van der Waals surface area contributed by atoms with E-state index in [0.29, 0.717) is 25.6 Å². The van der Waals surface area contributed by atoms with Crippen molar-refractivity contribution in [1.82, 2.24) is 13.9 Å². The largest absolute Gasteiger partial charge is 0.379 e. The molecule has 130 valence electrons. The highest BCUT2D eigenvalue weighted by Gasteiger charge is 2.34. The van der Waals surface area contributed by atoms with Crippen LogP contribution in [0.4, 0.5) is 0 Å². The summed E-state index contributed by atoms with van der Waals surface area (Å²) < 4.78 is 35.0. The van der Waals surface area contributed by atoms with Gasteiger partial charge in [0, 0.05) is 38.3 Å². The van der Waals surface area contributed by atoms with Gasteiger partial charge in [0.1, 0.15) is 0 Å². The summed E-state index contributed by atoms with van der Waals surface area (Å²) in [5, 5.41) is 0. The van der Waals surface area contributed by atoms with E-state index in [4.69, 9.17) is 4.74 Å². The Bertz CT molecular complexity index is 451. The molecule has 2 fully saturated rings. The minimum atomic E-state index is -3.37. The van der Waals surface area contributed by atoms with Crippen molar-refractivity contribution in [3.05, 3.63) is 0 Å². The van der Waals surface area contributed by atoms with Crippen molar-refractivity contribution < 1.29 is 13.2 Å². The highest BCUT2D eigenvalue weighted by molar-refractivity contribution is 7.87. The standard InChI is InChI=1S/C15H31N3O3S/c1-4-15(3,17-8-10-21-11-9-17)13-16-22(19,20)18-7-5-6-14(2)12-18/h14,16H,4-13H2,1-3H3. The van der Waals surface area contributed by atoms with E-state index < -0.39 is 10.2 Å². The lowest BCUT2D eigenvalue weighted by Gasteiger charge is -2.43. The van der Waals surface area contributed by atoms with Gasteiger partial charge in [0.2, 0.25) is 0 Å². The van der Waals surface area contributed by atoms with Crippen molar-refractivity contribution in [2.45, 2.75) is 45.6 Å². The lowest BCUT2D eigenvalue weighted by molar-refractivity contribution is -0.0158. The van der Waals surface area contributed by atoms with Gasteiger partial charge in [-0.25, -0.2) is 4.72 Å². The van der Waals surface area contributed by atoms with E-state index in [1.807, 2.05) is 0 Å². The van der Waals surface area contributed by atoms with Crippen molar-refractivity contribution in [3.8, 4) is 0 Å². The molecule has 0 aromatic carbocycles. The fraction of sp³-hybridized carbons (Fsp3) is 1.00. The summed E-state index contributed by atoms with van der Waals surface area (Å²) in [6.45, 7) is 11.3. The fourth-order valence-electron chi connectivity index (χ4n) is 3.27. The minimum absolute atomic E-state index is 0.155. The Hall–Kier alpha value is -0.210. The summed E-state index contributed by atoms with van der Waals surface area (Å²) >= 11 is 0. The molecule has 0 aromatic rings. The number of nitrogens with one attached hydrogen (secondary N) is 1. The quantitative estimate of drug-likeness (QED) is 0.789. The Kier molecular flexibility index (Phi) is 6.24. The van der Waals surface area contributed by atoms with E-state index in [0.717, 1.165) is 45.6 Å². The van der Waals surface area contributed by atoms with Crippen molar-refractivity contribution in [2.24, 2.45) is 5.92 Å². The summed E-state index contributed by atoms with van der Waals surface area (Å²) in [4.78, 5) is 2.35. The average Bonchev–Trinajstić information content (AvgIpc) is 2.53. The van der Waals surface area contributed by atoms with E-state index in [1.165, 1.54) is 0 Å². The van der Waals surface area contributed by atoms with Gasteiger partial charge in [-0.1, -0.05) is 13.8 Å². The molecule has 0 spiro atoms. The molecular formula is C15H31N3O3S. The van der Waals surface area contributed by atoms with Crippen LogP contribution in [0.5, 0.6) is 0 Å². The molecule has 22 heavy (non-hydrogen) atoms. The predicted molar refractivity (Wildman–Crippen MR) is 88.0 cm³/mol. The molecule has 2 aliphatic rings. The summed E-state index contributed by atoms with van der Waals surface area (Å²) in [5.74, 6) is 0.446. The third-order valence-electron chi connectivity index (χ3n) is 5.13. The molecule has 2 heterocycles. The molecule has 2 atom stereocenters. The van der Waals surface area contributed by atoms with Crippen molar-refractivity contribution in [1.29, 1.82) is 0 Å². The van der Waals surface area contributed by atoms with Crippen LogP contribution >= 0.6 is 0 Å². The smallest absolute Gasteiger partial charge is 0.279 e. The molecule has 1 N–H and O–H groups in total. The third kappa shape index (κ3) is 4.41. The maximum atomic E-state index is 12.5. The first-order chi connectivity index (χ1) is 10.4. The molecule has 6 nitrogen and oxygen atoms in total. The Morgan fingerprint density at radius 1 is 1.27 bits per heavy atom. The van der Waals surface area contributed by atoms with Gasteiger partial charge in [-0.05, 0) is 32.1 Å². The fourth-order valence-corrected chi connectivity index (χ4v) is 4.76. The highest BCUT2D eigenvalue weighted by Crippen LogP contribution is 2.22.